The lowest BCUT2D eigenvalue weighted by atomic mass is 9.93. The van der Waals surface area contributed by atoms with E-state index in [2.05, 4.69) is 26.6 Å². The molecule has 0 aromatic heterocycles. The van der Waals surface area contributed by atoms with Gasteiger partial charge in [0, 0.05) is 31.1 Å². The second-order valence-electron chi connectivity index (χ2n) is 18.7. The molecular formula is C46H69N7O14. The Labute approximate surface area is 392 Å². The molecule has 372 valence electrons. The molecule has 1 aliphatic rings. The number of rotatable bonds is 15. The maximum Gasteiger partial charge on any atom is 0.407 e. The Kier molecular flexibility index (Phi) is 19.5. The quantitative estimate of drug-likeness (QED) is 0.0846. The summed E-state index contributed by atoms with van der Waals surface area (Å²) in [7, 11) is 3.94. The number of hydrogen-bond donors (Lipinski definition) is 6. The molecule has 0 saturated heterocycles. The van der Waals surface area contributed by atoms with Crippen molar-refractivity contribution < 1.29 is 66.7 Å². The Morgan fingerprint density at radius 1 is 0.731 bits per heavy atom. The van der Waals surface area contributed by atoms with Crippen LogP contribution in [-0.4, -0.2) is 136 Å². The molecule has 67 heavy (non-hydrogen) atoms. The van der Waals surface area contributed by atoms with Gasteiger partial charge >= 0.3 is 24.2 Å². The van der Waals surface area contributed by atoms with Crippen LogP contribution in [0.25, 0.3) is 11.1 Å². The Hall–Kier alpha value is -6.51. The topological polar surface area (TPSA) is 274 Å². The van der Waals surface area contributed by atoms with Gasteiger partial charge < -0.3 is 70.4 Å². The van der Waals surface area contributed by atoms with E-state index in [0.717, 1.165) is 4.90 Å². The summed E-state index contributed by atoms with van der Waals surface area (Å²) in [5.74, 6) is -2.43. The molecule has 0 aliphatic carbocycles. The number of methoxy groups -OCH3 is 2. The maximum absolute atomic E-state index is 14.4. The number of alkyl carbamates (subject to hydrolysis) is 3. The summed E-state index contributed by atoms with van der Waals surface area (Å²) in [6.45, 7) is 16.8. The van der Waals surface area contributed by atoms with Gasteiger partial charge in [-0.3, -0.25) is 14.4 Å². The number of nitrogens with two attached hydrogens (primary N) is 1. The molecule has 0 fully saturated rings. The number of carbonyl (C=O) groups is 7. The summed E-state index contributed by atoms with van der Waals surface area (Å²) in [6.07, 6.45) is -2.18. The highest BCUT2D eigenvalue weighted by molar-refractivity contribution is 5.95. The largest absolute Gasteiger partial charge is 0.492 e. The summed E-state index contributed by atoms with van der Waals surface area (Å²) in [4.78, 5) is 93.8. The van der Waals surface area contributed by atoms with Crippen molar-refractivity contribution in [1.29, 1.82) is 0 Å². The Morgan fingerprint density at radius 2 is 1.25 bits per heavy atom. The first-order valence-corrected chi connectivity index (χ1v) is 21.8. The van der Waals surface area contributed by atoms with Crippen LogP contribution in [0.15, 0.2) is 30.3 Å². The average molecular weight is 944 g/mol. The van der Waals surface area contributed by atoms with E-state index in [1.54, 1.807) is 92.6 Å². The van der Waals surface area contributed by atoms with Crippen LogP contribution in [0.2, 0.25) is 0 Å². The number of nitrogens with zero attached hydrogens (tertiary/aromatic N) is 1. The molecule has 0 spiro atoms. The number of ether oxygens (including phenoxy) is 7. The molecular weight excluding hydrogens is 875 g/mol. The van der Waals surface area contributed by atoms with Crippen LogP contribution in [0.3, 0.4) is 0 Å². The first-order chi connectivity index (χ1) is 31.1. The van der Waals surface area contributed by atoms with Gasteiger partial charge in [0.15, 0.2) is 11.5 Å². The van der Waals surface area contributed by atoms with Crippen LogP contribution in [0.5, 0.6) is 17.2 Å². The van der Waals surface area contributed by atoms with Gasteiger partial charge in [-0.25, -0.2) is 19.2 Å². The standard InChI is InChI=1S/C46H69N7O14/c1-26-37(54)52-32(40(57)62-13)23-27-22-30(36(61-12)34(24-27)64-21-19-50-43(60)67-46(8,9)10)29-25-28(14-15-33(29)63-20-18-49-42(59)66-45(5,6)7)35(38(55)51-26)53(11)39(56)31(47)16-17-48-41(58)65-44(2,3)4/h14-15,22,24-26,31-32,35H,16-21,23,47H2,1-13H3,(H,48,58)(H,49,59)(H,50,60)(H,51,55)(H,52,54)/t26-,31-,32+,35+/m1/s1. The zero-order valence-electron chi connectivity index (χ0n) is 40.9. The zero-order chi connectivity index (χ0) is 50.4. The molecule has 0 saturated carbocycles. The minimum atomic E-state index is -1.43. The highest BCUT2D eigenvalue weighted by atomic mass is 16.6. The summed E-state index contributed by atoms with van der Waals surface area (Å²) in [6, 6.07) is 2.88. The SMILES string of the molecule is COC(=O)[C@@H]1Cc2cc(OCCNC(=O)OC(C)(C)C)c(OC)c(c2)-c2cc(ccc2OCCNC(=O)OC(C)(C)C)[C@H](N(C)C(=O)[C@H](N)CCNC(=O)OC(C)(C)C)C(=O)N[C@H](C)C(=O)N1. The molecule has 4 atom stereocenters. The van der Waals surface area contributed by atoms with E-state index in [4.69, 9.17) is 38.9 Å². The molecule has 1 aliphatic heterocycles. The van der Waals surface area contributed by atoms with Gasteiger partial charge in [0.05, 0.1) is 33.4 Å². The fourth-order valence-electron chi connectivity index (χ4n) is 6.54. The van der Waals surface area contributed by atoms with Crippen LogP contribution >= 0.6 is 0 Å². The molecule has 4 bridgehead atoms. The highest BCUT2D eigenvalue weighted by Gasteiger charge is 2.35. The number of hydrogen-bond acceptors (Lipinski definition) is 15. The summed E-state index contributed by atoms with van der Waals surface area (Å²) in [5.41, 5.74) is 5.47. The second-order valence-corrected chi connectivity index (χ2v) is 18.7. The van der Waals surface area contributed by atoms with Crippen molar-refractivity contribution in [2.24, 2.45) is 5.73 Å². The van der Waals surface area contributed by atoms with Crippen LogP contribution in [0.4, 0.5) is 14.4 Å². The smallest absolute Gasteiger partial charge is 0.407 e. The fraction of sp³-hybridized carbons (Fsp3) is 0.587. The summed E-state index contributed by atoms with van der Waals surface area (Å²) in [5, 5.41) is 13.2. The molecule has 0 radical (unpaired) electrons. The van der Waals surface area contributed by atoms with Crippen LogP contribution < -0.4 is 46.5 Å². The number of likely N-dealkylation sites (N-methyl/N-ethyl adjacent to an activating group) is 1. The Balaban J connectivity index is 2.24. The normalized spacial score (nSPS) is 16.9. The van der Waals surface area contributed by atoms with Gasteiger partial charge in [0.1, 0.15) is 53.9 Å². The van der Waals surface area contributed by atoms with Gasteiger partial charge in [-0.1, -0.05) is 6.07 Å². The number of nitrogens with one attached hydrogen (secondary N) is 5. The van der Waals surface area contributed by atoms with E-state index in [1.165, 1.54) is 28.2 Å². The van der Waals surface area contributed by atoms with Gasteiger partial charge in [-0.15, -0.1) is 0 Å². The lowest BCUT2D eigenvalue weighted by Crippen LogP contribution is -2.54. The van der Waals surface area contributed by atoms with Crippen LogP contribution in [0, 0.1) is 0 Å². The average Bonchev–Trinajstić information content (AvgIpc) is 3.20. The van der Waals surface area contributed by atoms with Crippen molar-refractivity contribution in [2.75, 3.05) is 54.1 Å². The molecule has 0 unspecified atom stereocenters. The van der Waals surface area contributed by atoms with Crippen LogP contribution in [-0.2, 0) is 44.5 Å². The van der Waals surface area contributed by atoms with Gasteiger partial charge in [0.25, 0.3) is 0 Å². The van der Waals surface area contributed by atoms with Crippen molar-refractivity contribution >= 4 is 42.0 Å². The summed E-state index contributed by atoms with van der Waals surface area (Å²) < 4.78 is 39.5. The molecule has 21 heteroatoms. The van der Waals surface area contributed by atoms with Crippen molar-refractivity contribution in [1.82, 2.24) is 31.5 Å². The van der Waals surface area contributed by atoms with E-state index < -0.39 is 82.9 Å². The highest BCUT2D eigenvalue weighted by Crippen LogP contribution is 2.44. The van der Waals surface area contributed by atoms with Crippen molar-refractivity contribution in [2.45, 2.75) is 123 Å². The molecule has 21 nitrogen and oxygen atoms in total. The molecule has 1 heterocycles. The Bertz CT molecular complexity index is 2090. The van der Waals surface area contributed by atoms with E-state index in [1.807, 2.05) is 0 Å². The maximum atomic E-state index is 14.4. The number of fused-ring (bicyclic) bond motifs is 5. The third kappa shape index (κ3) is 17.7. The van der Waals surface area contributed by atoms with Crippen molar-refractivity contribution in [3.8, 4) is 28.4 Å². The monoisotopic (exact) mass is 943 g/mol. The minimum Gasteiger partial charge on any atom is -0.492 e. The van der Waals surface area contributed by atoms with E-state index in [9.17, 15) is 33.6 Å². The number of esters is 1. The molecule has 3 rings (SSSR count). The molecule has 6 amide bonds. The fourth-order valence-corrected chi connectivity index (χ4v) is 6.54. The van der Waals surface area contributed by atoms with Crippen molar-refractivity contribution in [3.63, 3.8) is 0 Å². The van der Waals surface area contributed by atoms with E-state index in [0.29, 0.717) is 16.7 Å². The molecule has 2 aromatic carbocycles. The lowest BCUT2D eigenvalue weighted by Gasteiger charge is -2.31. The molecule has 7 N–H and O–H groups in total. The zero-order valence-corrected chi connectivity index (χ0v) is 40.9. The number of amides is 6. The third-order valence-electron chi connectivity index (χ3n) is 9.40. The predicted molar refractivity (Wildman–Crippen MR) is 245 cm³/mol. The molecule has 2 aromatic rings. The first kappa shape index (κ1) is 54.8. The van der Waals surface area contributed by atoms with Gasteiger partial charge in [0.2, 0.25) is 17.7 Å². The Morgan fingerprint density at radius 3 is 1.76 bits per heavy atom. The lowest BCUT2D eigenvalue weighted by molar-refractivity contribution is -0.145. The summed E-state index contributed by atoms with van der Waals surface area (Å²) >= 11 is 0. The number of carbonyl (C=O) groups excluding carboxylic acids is 7. The van der Waals surface area contributed by atoms with E-state index in [-0.39, 0.29) is 68.5 Å². The first-order valence-electron chi connectivity index (χ1n) is 21.8. The van der Waals surface area contributed by atoms with Crippen molar-refractivity contribution in [3.05, 3.63) is 41.5 Å². The second kappa shape index (κ2) is 23.8. The van der Waals surface area contributed by atoms with E-state index >= 15 is 0 Å². The third-order valence-corrected chi connectivity index (χ3v) is 9.40. The van der Waals surface area contributed by atoms with Crippen LogP contribution in [0.1, 0.15) is 92.8 Å². The predicted octanol–water partition coefficient (Wildman–Crippen LogP) is 3.63. The minimum absolute atomic E-state index is 0.0151. The van der Waals surface area contributed by atoms with Gasteiger partial charge in [-0.05, 0) is 111 Å². The van der Waals surface area contributed by atoms with Gasteiger partial charge in [-0.2, -0.15) is 0 Å². The number of benzene rings is 2.